The first-order chi connectivity index (χ1) is 8.06. The number of nitrogens with one attached hydrogen (secondary N) is 1. The smallest absolute Gasteiger partial charge is 0.234 e. The van der Waals surface area contributed by atoms with E-state index >= 15 is 0 Å². The van der Waals surface area contributed by atoms with Crippen LogP contribution in [0.3, 0.4) is 0 Å². The van der Waals surface area contributed by atoms with Crippen molar-refractivity contribution in [3.8, 4) is 0 Å². The normalized spacial score (nSPS) is 14.4. The number of halogens is 1. The standard InChI is InChI=1S/C14H20BrNO/c1-4-12(11-8-6-5-7-9-11)16-14(17)13(15)10(2)3/h5-10,12-13H,4H2,1-3H3,(H,16,17)/t12-,13-/m0/s1. The van der Waals surface area contributed by atoms with Gasteiger partial charge in [0.1, 0.15) is 0 Å². The Morgan fingerprint density at radius 3 is 2.35 bits per heavy atom. The second-order valence-corrected chi connectivity index (χ2v) is 5.51. The zero-order valence-corrected chi connectivity index (χ0v) is 12.2. The van der Waals surface area contributed by atoms with Gasteiger partial charge >= 0.3 is 0 Å². The van der Waals surface area contributed by atoms with Gasteiger partial charge < -0.3 is 5.32 Å². The fraction of sp³-hybridized carbons (Fsp3) is 0.500. The van der Waals surface area contributed by atoms with Crippen molar-refractivity contribution in [3.63, 3.8) is 0 Å². The van der Waals surface area contributed by atoms with Gasteiger partial charge in [-0.05, 0) is 17.9 Å². The molecule has 0 unspecified atom stereocenters. The molecule has 17 heavy (non-hydrogen) atoms. The largest absolute Gasteiger partial charge is 0.348 e. The zero-order valence-electron chi connectivity index (χ0n) is 10.6. The van der Waals surface area contributed by atoms with Gasteiger partial charge in [-0.25, -0.2) is 0 Å². The molecule has 0 aliphatic rings. The number of hydrogen-bond acceptors (Lipinski definition) is 1. The molecule has 1 N–H and O–H groups in total. The molecule has 0 saturated carbocycles. The molecule has 0 aliphatic heterocycles. The fourth-order valence-corrected chi connectivity index (χ4v) is 1.79. The lowest BCUT2D eigenvalue weighted by atomic mass is 10.0. The Balaban J connectivity index is 2.68. The van der Waals surface area contributed by atoms with E-state index < -0.39 is 0 Å². The summed E-state index contributed by atoms with van der Waals surface area (Å²) in [5.41, 5.74) is 1.16. The van der Waals surface area contributed by atoms with E-state index in [9.17, 15) is 4.79 Å². The van der Waals surface area contributed by atoms with E-state index in [0.717, 1.165) is 12.0 Å². The highest BCUT2D eigenvalue weighted by Gasteiger charge is 2.21. The Kier molecular flexibility index (Phi) is 5.69. The predicted octanol–water partition coefficient (Wildman–Crippen LogP) is 3.67. The molecule has 0 aromatic heterocycles. The molecule has 0 heterocycles. The molecule has 0 bridgehead atoms. The van der Waals surface area contributed by atoms with Gasteiger partial charge in [-0.1, -0.05) is 67.0 Å². The number of benzene rings is 1. The summed E-state index contributed by atoms with van der Waals surface area (Å²) in [5.74, 6) is 0.360. The van der Waals surface area contributed by atoms with Crippen LogP contribution in [0, 0.1) is 5.92 Å². The summed E-state index contributed by atoms with van der Waals surface area (Å²) in [4.78, 5) is 11.8. The summed E-state index contributed by atoms with van der Waals surface area (Å²) >= 11 is 3.43. The van der Waals surface area contributed by atoms with Gasteiger partial charge in [0, 0.05) is 0 Å². The minimum Gasteiger partial charge on any atom is -0.348 e. The quantitative estimate of drug-likeness (QED) is 0.826. The second kappa shape index (κ2) is 6.80. The van der Waals surface area contributed by atoms with Crippen molar-refractivity contribution in [3.05, 3.63) is 35.9 Å². The van der Waals surface area contributed by atoms with E-state index in [1.54, 1.807) is 0 Å². The maximum Gasteiger partial charge on any atom is 0.234 e. The van der Waals surface area contributed by atoms with Crippen LogP contribution < -0.4 is 5.32 Å². The van der Waals surface area contributed by atoms with Gasteiger partial charge in [-0.2, -0.15) is 0 Å². The van der Waals surface area contributed by atoms with Crippen molar-refractivity contribution in [1.29, 1.82) is 0 Å². The van der Waals surface area contributed by atoms with E-state index in [-0.39, 0.29) is 16.8 Å². The van der Waals surface area contributed by atoms with Gasteiger partial charge in [0.15, 0.2) is 0 Å². The third-order valence-electron chi connectivity index (χ3n) is 2.76. The third-order valence-corrected chi connectivity index (χ3v) is 4.24. The molecule has 0 spiro atoms. The molecule has 0 radical (unpaired) electrons. The first kappa shape index (κ1) is 14.2. The van der Waals surface area contributed by atoms with E-state index in [1.807, 2.05) is 44.2 Å². The van der Waals surface area contributed by atoms with Crippen LogP contribution in [0.5, 0.6) is 0 Å². The summed E-state index contributed by atoms with van der Waals surface area (Å²) < 4.78 is 0. The minimum absolute atomic E-state index is 0.0655. The van der Waals surface area contributed by atoms with E-state index in [0.29, 0.717) is 5.92 Å². The van der Waals surface area contributed by atoms with Gasteiger partial charge in [-0.3, -0.25) is 4.79 Å². The lowest BCUT2D eigenvalue weighted by molar-refractivity contribution is -0.121. The molecule has 3 heteroatoms. The van der Waals surface area contributed by atoms with Crippen LogP contribution in [0.25, 0.3) is 0 Å². The highest BCUT2D eigenvalue weighted by atomic mass is 79.9. The van der Waals surface area contributed by atoms with Crippen LogP contribution in [0.2, 0.25) is 0 Å². The Bertz CT molecular complexity index is 350. The Labute approximate surface area is 112 Å². The lowest BCUT2D eigenvalue weighted by Crippen LogP contribution is -2.36. The Morgan fingerprint density at radius 1 is 1.29 bits per heavy atom. The number of amides is 1. The number of rotatable bonds is 5. The van der Waals surface area contributed by atoms with Crippen LogP contribution in [-0.2, 0) is 4.79 Å². The monoisotopic (exact) mass is 297 g/mol. The van der Waals surface area contributed by atoms with Crippen molar-refractivity contribution < 1.29 is 4.79 Å². The lowest BCUT2D eigenvalue weighted by Gasteiger charge is -2.21. The molecule has 1 amide bonds. The molecule has 1 rings (SSSR count). The highest BCUT2D eigenvalue weighted by Crippen LogP contribution is 2.18. The number of carbonyl (C=O) groups excluding carboxylic acids is 1. The average molecular weight is 298 g/mol. The molecule has 1 aromatic rings. The number of alkyl halides is 1. The van der Waals surface area contributed by atoms with Crippen LogP contribution >= 0.6 is 15.9 Å². The van der Waals surface area contributed by atoms with Crippen molar-refractivity contribution in [2.24, 2.45) is 5.92 Å². The van der Waals surface area contributed by atoms with Crippen molar-refractivity contribution in [2.45, 2.75) is 38.1 Å². The molecule has 2 atom stereocenters. The van der Waals surface area contributed by atoms with E-state index in [4.69, 9.17) is 0 Å². The summed E-state index contributed by atoms with van der Waals surface area (Å²) in [6.45, 7) is 6.14. The van der Waals surface area contributed by atoms with Gasteiger partial charge in [0.25, 0.3) is 0 Å². The second-order valence-electron chi connectivity index (χ2n) is 4.53. The SMILES string of the molecule is CC[C@H](NC(=O)[C@@H](Br)C(C)C)c1ccccc1. The third kappa shape index (κ3) is 4.15. The molecule has 2 nitrogen and oxygen atoms in total. The van der Waals surface area contributed by atoms with E-state index in [2.05, 4.69) is 28.2 Å². The van der Waals surface area contributed by atoms with Crippen LogP contribution in [0.15, 0.2) is 30.3 Å². The van der Waals surface area contributed by atoms with Crippen LogP contribution in [0.4, 0.5) is 0 Å². The Morgan fingerprint density at radius 2 is 1.88 bits per heavy atom. The predicted molar refractivity (Wildman–Crippen MR) is 75.2 cm³/mol. The van der Waals surface area contributed by atoms with Crippen molar-refractivity contribution >= 4 is 21.8 Å². The number of hydrogen-bond donors (Lipinski definition) is 1. The maximum atomic E-state index is 12.0. The topological polar surface area (TPSA) is 29.1 Å². The molecule has 1 aromatic carbocycles. The summed E-state index contributed by atoms with van der Waals surface area (Å²) in [6.07, 6.45) is 0.896. The van der Waals surface area contributed by atoms with E-state index in [1.165, 1.54) is 0 Å². The first-order valence-electron chi connectivity index (χ1n) is 6.05. The van der Waals surface area contributed by atoms with Crippen LogP contribution in [-0.4, -0.2) is 10.7 Å². The molecule has 94 valence electrons. The Hall–Kier alpha value is -0.830. The van der Waals surface area contributed by atoms with Crippen molar-refractivity contribution in [1.82, 2.24) is 5.32 Å². The summed E-state index contributed by atoms with van der Waals surface area (Å²) in [6, 6.07) is 10.2. The zero-order chi connectivity index (χ0) is 12.8. The van der Waals surface area contributed by atoms with Crippen LogP contribution in [0.1, 0.15) is 38.8 Å². The molecule has 0 aliphatic carbocycles. The first-order valence-corrected chi connectivity index (χ1v) is 6.97. The minimum atomic E-state index is -0.125. The summed E-state index contributed by atoms with van der Waals surface area (Å²) in [5, 5.41) is 3.08. The fourth-order valence-electron chi connectivity index (χ4n) is 1.66. The van der Waals surface area contributed by atoms with Crippen molar-refractivity contribution in [2.75, 3.05) is 0 Å². The maximum absolute atomic E-state index is 12.0. The average Bonchev–Trinajstić information content (AvgIpc) is 2.35. The molecule has 0 saturated heterocycles. The molecule has 0 fully saturated rings. The summed E-state index contributed by atoms with van der Waals surface area (Å²) in [7, 11) is 0. The highest BCUT2D eigenvalue weighted by molar-refractivity contribution is 9.10. The number of carbonyl (C=O) groups is 1. The van der Waals surface area contributed by atoms with Gasteiger partial charge in [0.2, 0.25) is 5.91 Å². The molecular weight excluding hydrogens is 278 g/mol. The van der Waals surface area contributed by atoms with Gasteiger partial charge in [0.05, 0.1) is 10.9 Å². The van der Waals surface area contributed by atoms with Gasteiger partial charge in [-0.15, -0.1) is 0 Å². The molecular formula is C14H20BrNO.